The highest BCUT2D eigenvalue weighted by Gasteiger charge is 2.06. The molecule has 0 amide bonds. The predicted octanol–water partition coefficient (Wildman–Crippen LogP) is 3.62. The van der Waals surface area contributed by atoms with Gasteiger partial charge in [0.05, 0.1) is 0 Å². The summed E-state index contributed by atoms with van der Waals surface area (Å²) in [5.41, 5.74) is 1.02. The van der Waals surface area contributed by atoms with Gasteiger partial charge in [0.25, 0.3) is 0 Å². The zero-order valence-electron chi connectivity index (χ0n) is 12.9. The Labute approximate surface area is 117 Å². The van der Waals surface area contributed by atoms with Crippen LogP contribution in [0.5, 0.6) is 0 Å². The first-order chi connectivity index (χ1) is 9.17. The van der Waals surface area contributed by atoms with Crippen molar-refractivity contribution in [3.05, 3.63) is 11.8 Å². The van der Waals surface area contributed by atoms with E-state index < -0.39 is 0 Å². The van der Waals surface area contributed by atoms with E-state index in [9.17, 15) is 0 Å². The summed E-state index contributed by atoms with van der Waals surface area (Å²) in [4.78, 5) is 11.2. The minimum Gasteiger partial charge on any atom is -0.360 e. The molecule has 0 aliphatic heterocycles. The molecule has 1 heterocycles. The Morgan fingerprint density at radius 3 is 2.53 bits per heavy atom. The molecule has 1 rings (SSSR count). The molecule has 0 unspecified atom stereocenters. The van der Waals surface area contributed by atoms with Crippen LogP contribution in [0.25, 0.3) is 0 Å². The highest BCUT2D eigenvalue weighted by Crippen LogP contribution is 2.14. The fourth-order valence-electron chi connectivity index (χ4n) is 1.91. The summed E-state index contributed by atoms with van der Waals surface area (Å²) in [5.74, 6) is 1.77. The molecular weight excluding hydrogens is 236 g/mol. The summed E-state index contributed by atoms with van der Waals surface area (Å²) in [6.07, 6.45) is 6.06. The number of aromatic nitrogens is 2. The second kappa shape index (κ2) is 8.73. The number of hydrogen-bond acceptors (Lipinski definition) is 4. The Morgan fingerprint density at radius 1 is 1.11 bits per heavy atom. The van der Waals surface area contributed by atoms with Gasteiger partial charge in [0, 0.05) is 31.9 Å². The van der Waals surface area contributed by atoms with E-state index in [4.69, 9.17) is 0 Å². The van der Waals surface area contributed by atoms with Gasteiger partial charge in [0.15, 0.2) is 0 Å². The lowest BCUT2D eigenvalue weighted by molar-refractivity contribution is 0.737. The maximum Gasteiger partial charge on any atom is 0.224 e. The maximum atomic E-state index is 4.59. The van der Waals surface area contributed by atoms with Gasteiger partial charge < -0.3 is 10.2 Å². The largest absolute Gasteiger partial charge is 0.360 e. The van der Waals surface area contributed by atoms with Gasteiger partial charge in [-0.1, -0.05) is 33.1 Å². The van der Waals surface area contributed by atoms with E-state index in [-0.39, 0.29) is 0 Å². The molecule has 0 saturated carbocycles. The van der Waals surface area contributed by atoms with Crippen molar-refractivity contribution in [2.75, 3.05) is 30.4 Å². The molecule has 0 radical (unpaired) electrons. The van der Waals surface area contributed by atoms with Crippen LogP contribution in [-0.2, 0) is 0 Å². The number of rotatable bonds is 9. The number of aryl methyl sites for hydroxylation is 1. The third-order valence-corrected chi connectivity index (χ3v) is 3.14. The molecule has 0 spiro atoms. The quantitative estimate of drug-likeness (QED) is 0.692. The Balaban J connectivity index is 2.60. The van der Waals surface area contributed by atoms with Gasteiger partial charge in [-0.2, -0.15) is 4.98 Å². The van der Waals surface area contributed by atoms with Crippen LogP contribution in [0.3, 0.4) is 0 Å². The van der Waals surface area contributed by atoms with Gasteiger partial charge in [-0.15, -0.1) is 0 Å². The van der Waals surface area contributed by atoms with E-state index in [0.29, 0.717) is 0 Å². The summed E-state index contributed by atoms with van der Waals surface area (Å²) in [6, 6.07) is 2.05. The fourth-order valence-corrected chi connectivity index (χ4v) is 1.91. The molecule has 19 heavy (non-hydrogen) atoms. The van der Waals surface area contributed by atoms with Crippen molar-refractivity contribution in [1.29, 1.82) is 0 Å². The second-order valence-electron chi connectivity index (χ2n) is 5.10. The minimum absolute atomic E-state index is 0.759. The first-order valence-corrected chi connectivity index (χ1v) is 7.48. The SMILES string of the molecule is CCCCCNc1nc(C)cc(N(C)CCCC)n1. The molecule has 0 aliphatic carbocycles. The average molecular weight is 264 g/mol. The van der Waals surface area contributed by atoms with Gasteiger partial charge >= 0.3 is 0 Å². The monoisotopic (exact) mass is 264 g/mol. The Kier molecular flexibility index (Phi) is 7.23. The Morgan fingerprint density at radius 2 is 1.84 bits per heavy atom. The van der Waals surface area contributed by atoms with E-state index >= 15 is 0 Å². The first-order valence-electron chi connectivity index (χ1n) is 7.48. The van der Waals surface area contributed by atoms with E-state index in [1.807, 2.05) is 13.0 Å². The third-order valence-electron chi connectivity index (χ3n) is 3.14. The zero-order valence-corrected chi connectivity index (χ0v) is 12.9. The van der Waals surface area contributed by atoms with Crippen molar-refractivity contribution in [2.24, 2.45) is 0 Å². The van der Waals surface area contributed by atoms with E-state index in [1.165, 1.54) is 32.1 Å². The van der Waals surface area contributed by atoms with Crippen molar-refractivity contribution in [3.63, 3.8) is 0 Å². The van der Waals surface area contributed by atoms with Gasteiger partial charge in [-0.05, 0) is 19.8 Å². The molecule has 4 nitrogen and oxygen atoms in total. The van der Waals surface area contributed by atoms with Crippen LogP contribution in [0.4, 0.5) is 11.8 Å². The zero-order chi connectivity index (χ0) is 14.1. The van der Waals surface area contributed by atoms with Crippen LogP contribution in [0, 0.1) is 6.92 Å². The van der Waals surface area contributed by atoms with Crippen molar-refractivity contribution >= 4 is 11.8 Å². The van der Waals surface area contributed by atoms with Crippen molar-refractivity contribution < 1.29 is 0 Å². The number of nitrogens with one attached hydrogen (secondary N) is 1. The van der Waals surface area contributed by atoms with E-state index in [1.54, 1.807) is 0 Å². The number of hydrogen-bond donors (Lipinski definition) is 1. The summed E-state index contributed by atoms with van der Waals surface area (Å²) >= 11 is 0. The number of nitrogens with zero attached hydrogens (tertiary/aromatic N) is 3. The van der Waals surface area contributed by atoms with Crippen LogP contribution in [-0.4, -0.2) is 30.1 Å². The minimum atomic E-state index is 0.759. The normalized spacial score (nSPS) is 10.5. The number of unbranched alkanes of at least 4 members (excludes halogenated alkanes) is 3. The maximum absolute atomic E-state index is 4.59. The van der Waals surface area contributed by atoms with Gasteiger partial charge in [0.1, 0.15) is 5.82 Å². The molecular formula is C15H28N4. The van der Waals surface area contributed by atoms with Crippen molar-refractivity contribution in [3.8, 4) is 0 Å². The topological polar surface area (TPSA) is 41.1 Å². The highest BCUT2D eigenvalue weighted by atomic mass is 15.2. The van der Waals surface area contributed by atoms with Gasteiger partial charge in [-0.3, -0.25) is 0 Å². The standard InChI is InChI=1S/C15H28N4/c1-5-7-9-10-16-15-17-13(3)12-14(18-15)19(4)11-8-6-2/h12H,5-11H2,1-4H3,(H,16,17,18). The molecule has 0 saturated heterocycles. The summed E-state index contributed by atoms with van der Waals surface area (Å²) in [5, 5.41) is 3.32. The smallest absolute Gasteiger partial charge is 0.224 e. The molecule has 1 N–H and O–H groups in total. The molecule has 0 aliphatic rings. The van der Waals surface area contributed by atoms with Gasteiger partial charge in [-0.25, -0.2) is 4.98 Å². The van der Waals surface area contributed by atoms with E-state index in [2.05, 4.69) is 41.1 Å². The Hall–Kier alpha value is -1.32. The molecule has 0 bridgehead atoms. The van der Waals surface area contributed by atoms with Crippen LogP contribution in [0.2, 0.25) is 0 Å². The fraction of sp³-hybridized carbons (Fsp3) is 0.733. The molecule has 1 aromatic rings. The van der Waals surface area contributed by atoms with Crippen molar-refractivity contribution in [2.45, 2.75) is 52.9 Å². The number of anilines is 2. The van der Waals surface area contributed by atoms with Crippen LogP contribution < -0.4 is 10.2 Å². The molecule has 0 aromatic carbocycles. The molecule has 4 heteroatoms. The average Bonchev–Trinajstić information content (AvgIpc) is 2.40. The van der Waals surface area contributed by atoms with Crippen LogP contribution >= 0.6 is 0 Å². The highest BCUT2D eigenvalue weighted by molar-refractivity contribution is 5.43. The summed E-state index contributed by atoms with van der Waals surface area (Å²) < 4.78 is 0. The van der Waals surface area contributed by atoms with Crippen molar-refractivity contribution in [1.82, 2.24) is 9.97 Å². The van der Waals surface area contributed by atoms with Crippen LogP contribution in [0.15, 0.2) is 6.07 Å². The van der Waals surface area contributed by atoms with E-state index in [0.717, 1.165) is 30.5 Å². The lowest BCUT2D eigenvalue weighted by Crippen LogP contribution is -2.20. The molecule has 108 valence electrons. The molecule has 0 atom stereocenters. The lowest BCUT2D eigenvalue weighted by Gasteiger charge is -2.19. The molecule has 1 aromatic heterocycles. The molecule has 0 fully saturated rings. The summed E-state index contributed by atoms with van der Waals surface area (Å²) in [7, 11) is 2.10. The predicted molar refractivity (Wildman–Crippen MR) is 83.0 cm³/mol. The van der Waals surface area contributed by atoms with Crippen LogP contribution in [0.1, 0.15) is 51.6 Å². The third kappa shape index (κ3) is 5.90. The van der Waals surface area contributed by atoms with Gasteiger partial charge in [0.2, 0.25) is 5.95 Å². The summed E-state index contributed by atoms with van der Waals surface area (Å²) in [6.45, 7) is 8.44. The first kappa shape index (κ1) is 15.7. The Bertz CT molecular complexity index is 365. The second-order valence-corrected chi connectivity index (χ2v) is 5.10. The lowest BCUT2D eigenvalue weighted by atomic mass is 10.2.